The highest BCUT2D eigenvalue weighted by Gasteiger charge is 1.96. The lowest BCUT2D eigenvalue weighted by Gasteiger charge is -2.01. The van der Waals surface area contributed by atoms with Crippen molar-refractivity contribution in [1.82, 2.24) is 10.2 Å². The van der Waals surface area contributed by atoms with Crippen molar-refractivity contribution in [3.63, 3.8) is 0 Å². The molecule has 0 atom stereocenters. The molecule has 1 heterocycles. The van der Waals surface area contributed by atoms with Crippen LogP contribution in [-0.2, 0) is 6.42 Å². The van der Waals surface area contributed by atoms with E-state index in [0.29, 0.717) is 5.75 Å². The van der Waals surface area contributed by atoms with E-state index in [-0.39, 0.29) is 0 Å². The van der Waals surface area contributed by atoms with E-state index >= 15 is 0 Å². The number of aromatic nitrogens is 2. The molecule has 0 saturated heterocycles. The van der Waals surface area contributed by atoms with Gasteiger partial charge in [-0.05, 0) is 24.5 Å². The fraction of sp³-hybridized carbons (Fsp3) is 0.333. The van der Waals surface area contributed by atoms with Crippen LogP contribution in [0.25, 0.3) is 0 Å². The van der Waals surface area contributed by atoms with Gasteiger partial charge < -0.3 is 9.52 Å². The van der Waals surface area contributed by atoms with Gasteiger partial charge in [0.2, 0.25) is 12.8 Å². The monoisotopic (exact) mass is 220 g/mol. The Bertz CT molecular complexity index is 357. The smallest absolute Gasteiger partial charge is 0.203 e. The molecule has 0 bridgehead atoms. The SMILES string of the molecule is CCCCc1ccccc1O.c1nnco1. The predicted molar refractivity (Wildman–Crippen MR) is 61.0 cm³/mol. The summed E-state index contributed by atoms with van der Waals surface area (Å²) in [6.45, 7) is 2.15. The van der Waals surface area contributed by atoms with Crippen LogP contribution in [0.4, 0.5) is 0 Å². The number of para-hydroxylation sites is 1. The van der Waals surface area contributed by atoms with E-state index in [4.69, 9.17) is 0 Å². The highest BCUT2D eigenvalue weighted by molar-refractivity contribution is 5.31. The van der Waals surface area contributed by atoms with Gasteiger partial charge in [-0.15, -0.1) is 10.2 Å². The maximum Gasteiger partial charge on any atom is 0.203 e. The van der Waals surface area contributed by atoms with Gasteiger partial charge in [0.25, 0.3) is 0 Å². The normalized spacial score (nSPS) is 9.31. The number of phenols is 1. The van der Waals surface area contributed by atoms with Crippen LogP contribution in [0.3, 0.4) is 0 Å². The van der Waals surface area contributed by atoms with Crippen LogP contribution in [-0.4, -0.2) is 15.3 Å². The summed E-state index contributed by atoms with van der Waals surface area (Å²) in [6, 6.07) is 7.53. The van der Waals surface area contributed by atoms with Gasteiger partial charge in [-0.25, -0.2) is 0 Å². The molecule has 1 N–H and O–H groups in total. The molecule has 0 aliphatic rings. The number of nitrogens with zero attached hydrogens (tertiary/aromatic N) is 2. The molecule has 1 aromatic heterocycles. The molecule has 0 aliphatic carbocycles. The van der Waals surface area contributed by atoms with Crippen LogP contribution < -0.4 is 0 Å². The Morgan fingerprint density at radius 3 is 2.38 bits per heavy atom. The molecule has 0 unspecified atom stereocenters. The average Bonchev–Trinajstić information content (AvgIpc) is 2.87. The Morgan fingerprint density at radius 1 is 1.19 bits per heavy atom. The zero-order valence-electron chi connectivity index (χ0n) is 9.34. The maximum atomic E-state index is 9.34. The summed E-state index contributed by atoms with van der Waals surface area (Å²) in [5, 5.41) is 15.9. The second-order valence-electron chi connectivity index (χ2n) is 3.31. The Hall–Kier alpha value is -1.84. The first-order valence-electron chi connectivity index (χ1n) is 5.30. The Morgan fingerprint density at radius 2 is 1.88 bits per heavy atom. The standard InChI is InChI=1S/C10H14O.C2H2N2O/c1-2-3-6-9-7-4-5-8-10(9)11;1-3-4-2-5-1/h4-5,7-8,11H,2-3,6H2,1H3;1-2H. The molecule has 4 nitrogen and oxygen atoms in total. The topological polar surface area (TPSA) is 59.2 Å². The van der Waals surface area contributed by atoms with Crippen LogP contribution >= 0.6 is 0 Å². The number of phenolic OH excluding ortho intramolecular Hbond substituents is 1. The van der Waals surface area contributed by atoms with Gasteiger partial charge in [0.15, 0.2) is 0 Å². The van der Waals surface area contributed by atoms with Crippen molar-refractivity contribution in [3.8, 4) is 5.75 Å². The Labute approximate surface area is 95.0 Å². The average molecular weight is 220 g/mol. The second kappa shape index (κ2) is 7.45. The van der Waals surface area contributed by atoms with Gasteiger partial charge in [-0.1, -0.05) is 31.5 Å². The van der Waals surface area contributed by atoms with Crippen molar-refractivity contribution in [3.05, 3.63) is 42.6 Å². The van der Waals surface area contributed by atoms with E-state index in [0.717, 1.165) is 18.4 Å². The highest BCUT2D eigenvalue weighted by Crippen LogP contribution is 2.17. The summed E-state index contributed by atoms with van der Waals surface area (Å²) in [6.07, 6.45) is 5.84. The van der Waals surface area contributed by atoms with Gasteiger partial charge in [0.1, 0.15) is 5.75 Å². The lowest BCUT2D eigenvalue weighted by molar-refractivity contribution is 0.467. The molecule has 0 amide bonds. The first kappa shape index (κ1) is 12.2. The first-order valence-corrected chi connectivity index (χ1v) is 5.30. The number of aryl methyl sites for hydroxylation is 1. The van der Waals surface area contributed by atoms with Crippen molar-refractivity contribution in [1.29, 1.82) is 0 Å². The third kappa shape index (κ3) is 4.59. The van der Waals surface area contributed by atoms with Crippen LogP contribution in [0.15, 0.2) is 41.5 Å². The third-order valence-electron chi connectivity index (χ3n) is 2.07. The number of rotatable bonds is 3. The van der Waals surface area contributed by atoms with Crippen LogP contribution in [0.5, 0.6) is 5.75 Å². The summed E-state index contributed by atoms with van der Waals surface area (Å²) in [4.78, 5) is 0. The summed E-state index contributed by atoms with van der Waals surface area (Å²) in [5.74, 6) is 0.431. The quantitative estimate of drug-likeness (QED) is 0.864. The van der Waals surface area contributed by atoms with E-state index < -0.39 is 0 Å². The van der Waals surface area contributed by atoms with Gasteiger partial charge in [0, 0.05) is 0 Å². The molecule has 1 aromatic carbocycles. The third-order valence-corrected chi connectivity index (χ3v) is 2.07. The van der Waals surface area contributed by atoms with E-state index in [1.165, 1.54) is 19.2 Å². The van der Waals surface area contributed by atoms with Gasteiger partial charge in [-0.2, -0.15) is 0 Å². The largest absolute Gasteiger partial charge is 0.508 e. The molecule has 0 radical (unpaired) electrons. The highest BCUT2D eigenvalue weighted by atomic mass is 16.3. The zero-order chi connectivity index (χ0) is 11.6. The molecular formula is C12H16N2O2. The molecule has 0 spiro atoms. The Kier molecular flexibility index (Phi) is 5.70. The fourth-order valence-electron chi connectivity index (χ4n) is 1.23. The molecule has 4 heteroatoms. The first-order chi connectivity index (χ1) is 7.84. The fourth-order valence-corrected chi connectivity index (χ4v) is 1.23. The summed E-state index contributed by atoms with van der Waals surface area (Å²) in [5.41, 5.74) is 1.06. The molecule has 2 aromatic rings. The number of hydrogen-bond donors (Lipinski definition) is 1. The van der Waals surface area contributed by atoms with Crippen molar-refractivity contribution >= 4 is 0 Å². The van der Waals surface area contributed by atoms with Crippen molar-refractivity contribution < 1.29 is 9.52 Å². The van der Waals surface area contributed by atoms with Crippen LogP contribution in [0.2, 0.25) is 0 Å². The molecular weight excluding hydrogens is 204 g/mol. The number of aromatic hydroxyl groups is 1. The van der Waals surface area contributed by atoms with Crippen molar-refractivity contribution in [2.45, 2.75) is 26.2 Å². The summed E-state index contributed by atoms with van der Waals surface area (Å²) in [7, 11) is 0. The van der Waals surface area contributed by atoms with Gasteiger partial charge >= 0.3 is 0 Å². The predicted octanol–water partition coefficient (Wildman–Crippen LogP) is 2.80. The van der Waals surface area contributed by atoms with E-state index in [1.807, 2.05) is 18.2 Å². The minimum atomic E-state index is 0.431. The van der Waals surface area contributed by atoms with E-state index in [2.05, 4.69) is 21.5 Å². The minimum absolute atomic E-state index is 0.431. The van der Waals surface area contributed by atoms with E-state index in [9.17, 15) is 5.11 Å². The summed E-state index contributed by atoms with van der Waals surface area (Å²) >= 11 is 0. The molecule has 2 rings (SSSR count). The number of unbranched alkanes of at least 4 members (excludes halogenated alkanes) is 1. The zero-order valence-corrected chi connectivity index (χ0v) is 9.34. The Balaban J connectivity index is 0.000000212. The molecule has 0 saturated carbocycles. The molecule has 0 fully saturated rings. The second-order valence-corrected chi connectivity index (χ2v) is 3.31. The van der Waals surface area contributed by atoms with Gasteiger partial charge in [-0.3, -0.25) is 0 Å². The molecule has 16 heavy (non-hydrogen) atoms. The van der Waals surface area contributed by atoms with Crippen molar-refractivity contribution in [2.24, 2.45) is 0 Å². The molecule has 86 valence electrons. The van der Waals surface area contributed by atoms with Crippen LogP contribution in [0.1, 0.15) is 25.3 Å². The number of hydrogen-bond acceptors (Lipinski definition) is 4. The minimum Gasteiger partial charge on any atom is -0.508 e. The van der Waals surface area contributed by atoms with Crippen LogP contribution in [0, 0.1) is 0 Å². The lowest BCUT2D eigenvalue weighted by atomic mass is 10.1. The summed E-state index contributed by atoms with van der Waals surface area (Å²) < 4.78 is 4.36. The number of benzene rings is 1. The van der Waals surface area contributed by atoms with Crippen molar-refractivity contribution in [2.75, 3.05) is 0 Å². The van der Waals surface area contributed by atoms with Gasteiger partial charge in [0.05, 0.1) is 0 Å². The molecule has 0 aliphatic heterocycles. The lowest BCUT2D eigenvalue weighted by Crippen LogP contribution is -1.83. The maximum absolute atomic E-state index is 9.34. The van der Waals surface area contributed by atoms with E-state index in [1.54, 1.807) is 6.07 Å².